The summed E-state index contributed by atoms with van der Waals surface area (Å²) in [6.07, 6.45) is 1.60. The first-order valence-electron chi connectivity index (χ1n) is 16.5. The van der Waals surface area contributed by atoms with Crippen molar-refractivity contribution in [2.45, 2.75) is 72.1 Å². The monoisotopic (exact) mass is 682 g/mol. The number of carbonyl (C=O) groups excluding carboxylic acids is 3. The molecule has 0 saturated carbocycles. The number of carbonyl (C=O) groups is 3. The number of aliphatic hydroxyl groups excluding tert-OH is 1. The number of benzene rings is 2. The summed E-state index contributed by atoms with van der Waals surface area (Å²) in [7, 11) is 1.67. The van der Waals surface area contributed by atoms with Crippen molar-refractivity contribution in [3.63, 3.8) is 0 Å². The summed E-state index contributed by atoms with van der Waals surface area (Å²) in [4.78, 5) is 43.4. The molecule has 0 aliphatic carbocycles. The Balaban J connectivity index is 1.58. The summed E-state index contributed by atoms with van der Waals surface area (Å²) in [5, 5.41) is 22.3. The maximum Gasteiger partial charge on any atom is 0.323 e. The third-order valence-electron chi connectivity index (χ3n) is 8.48. The number of aryl methyl sites for hydroxylation is 2. The Kier molecular flexibility index (Phi) is 13.0. The van der Waals surface area contributed by atoms with Gasteiger partial charge in [-0.25, -0.2) is 14.0 Å². The van der Waals surface area contributed by atoms with Gasteiger partial charge in [0.25, 0.3) is 5.91 Å². The number of fused-ring (bicyclic) bond motifs is 1. The number of halogens is 1. The van der Waals surface area contributed by atoms with Gasteiger partial charge in [0.2, 0.25) is 0 Å². The fourth-order valence-electron chi connectivity index (χ4n) is 5.51. The zero-order valence-corrected chi connectivity index (χ0v) is 28.9. The SMILES string of the molecule is Cc1noc(C)c1NC(=O)N(C)C[C@H]1OCCCC[C@@H](C)Oc2ccc(NC(=O)Nc3ccc(F)cc3)cc2C(=O)N([C@H](C)CO)C[C@@H]1C. The molecule has 0 radical (unpaired) electrons. The number of rotatable bonds is 7. The van der Waals surface area contributed by atoms with Crippen molar-refractivity contribution in [3.8, 4) is 5.75 Å². The minimum Gasteiger partial charge on any atom is -0.490 e. The van der Waals surface area contributed by atoms with Gasteiger partial charge in [0.15, 0.2) is 5.76 Å². The van der Waals surface area contributed by atoms with E-state index in [1.165, 1.54) is 29.2 Å². The van der Waals surface area contributed by atoms with E-state index in [0.29, 0.717) is 47.3 Å². The molecule has 2 aromatic carbocycles. The van der Waals surface area contributed by atoms with Gasteiger partial charge in [-0.2, -0.15) is 0 Å². The average molecular weight is 683 g/mol. The molecule has 0 saturated heterocycles. The first-order valence-corrected chi connectivity index (χ1v) is 16.5. The van der Waals surface area contributed by atoms with Gasteiger partial charge in [0.1, 0.15) is 22.9 Å². The fourth-order valence-corrected chi connectivity index (χ4v) is 5.51. The van der Waals surface area contributed by atoms with Gasteiger partial charge in [-0.3, -0.25) is 4.79 Å². The third-order valence-corrected chi connectivity index (χ3v) is 8.48. The van der Waals surface area contributed by atoms with Crippen molar-refractivity contribution in [2.24, 2.45) is 5.92 Å². The number of amides is 5. The molecular formula is C35H47FN6O7. The van der Waals surface area contributed by atoms with Gasteiger partial charge in [-0.15, -0.1) is 0 Å². The van der Waals surface area contributed by atoms with E-state index in [4.69, 9.17) is 14.0 Å². The standard InChI is InChI=1S/C35H47FN6O7/c1-21-18-42(22(2)20-43)33(44)29-17-28(38-34(45)37-27-12-10-26(36)11-13-27)14-15-30(29)48-23(3)9-7-8-16-47-31(21)19-41(6)35(46)39-32-24(4)40-49-25(32)5/h10-15,17,21-23,31,43H,7-9,16,18-20H2,1-6H3,(H,39,46)(H2,37,38,45)/t21-,22+,23+,31+/m0/s1. The smallest absolute Gasteiger partial charge is 0.323 e. The number of aliphatic hydroxyl groups is 1. The van der Waals surface area contributed by atoms with Crippen LogP contribution in [0.5, 0.6) is 5.75 Å². The lowest BCUT2D eigenvalue weighted by atomic mass is 10.0. The lowest BCUT2D eigenvalue weighted by Gasteiger charge is -2.35. The van der Waals surface area contributed by atoms with E-state index in [1.54, 1.807) is 50.9 Å². The second kappa shape index (κ2) is 17.1. The number of nitrogens with one attached hydrogen (secondary N) is 3. The van der Waals surface area contributed by atoms with Crippen molar-refractivity contribution >= 4 is 35.0 Å². The summed E-state index contributed by atoms with van der Waals surface area (Å²) in [5.41, 5.74) is 2.03. The van der Waals surface area contributed by atoms with E-state index in [-0.39, 0.29) is 43.3 Å². The van der Waals surface area contributed by atoms with Crippen LogP contribution in [0, 0.1) is 25.6 Å². The number of hydrogen-bond acceptors (Lipinski definition) is 8. The third kappa shape index (κ3) is 10.2. The van der Waals surface area contributed by atoms with Crippen LogP contribution in [0.2, 0.25) is 0 Å². The van der Waals surface area contributed by atoms with Crippen molar-refractivity contribution < 1.29 is 37.9 Å². The Morgan fingerprint density at radius 3 is 2.45 bits per heavy atom. The number of aromatic nitrogens is 1. The second-order valence-corrected chi connectivity index (χ2v) is 12.6. The van der Waals surface area contributed by atoms with Crippen LogP contribution < -0.4 is 20.7 Å². The second-order valence-electron chi connectivity index (χ2n) is 12.6. The summed E-state index contributed by atoms with van der Waals surface area (Å²) in [5.74, 6) is -0.242. The van der Waals surface area contributed by atoms with Crippen LogP contribution in [0.4, 0.5) is 31.0 Å². The molecule has 266 valence electrons. The van der Waals surface area contributed by atoms with Gasteiger partial charge in [-0.05, 0) is 89.4 Å². The van der Waals surface area contributed by atoms with Gasteiger partial charge >= 0.3 is 12.1 Å². The lowest BCUT2D eigenvalue weighted by molar-refractivity contribution is -0.0115. The topological polar surface area (TPSA) is 158 Å². The quantitative estimate of drug-likeness (QED) is 0.235. The molecule has 0 bridgehead atoms. The molecule has 1 aliphatic rings. The summed E-state index contributed by atoms with van der Waals surface area (Å²) in [6, 6.07) is 8.67. The largest absolute Gasteiger partial charge is 0.490 e. The van der Waals surface area contributed by atoms with E-state index in [0.717, 1.165) is 12.8 Å². The van der Waals surface area contributed by atoms with Crippen LogP contribution in [-0.4, -0.2) is 89.6 Å². The van der Waals surface area contributed by atoms with Crippen LogP contribution in [-0.2, 0) is 4.74 Å². The molecular weight excluding hydrogens is 635 g/mol. The molecule has 4 rings (SSSR count). The highest BCUT2D eigenvalue weighted by Crippen LogP contribution is 2.29. The number of hydrogen-bond donors (Lipinski definition) is 4. The number of ether oxygens (including phenoxy) is 2. The molecule has 13 nitrogen and oxygen atoms in total. The van der Waals surface area contributed by atoms with Gasteiger partial charge in [-0.1, -0.05) is 12.1 Å². The Hall–Kier alpha value is -4.69. The Labute approximate surface area is 286 Å². The molecule has 3 aromatic rings. The highest BCUT2D eigenvalue weighted by atomic mass is 19.1. The van der Waals surface area contributed by atoms with E-state index in [2.05, 4.69) is 21.1 Å². The van der Waals surface area contributed by atoms with Crippen LogP contribution in [0.25, 0.3) is 0 Å². The molecule has 49 heavy (non-hydrogen) atoms. The molecule has 1 aliphatic heterocycles. The van der Waals surface area contributed by atoms with E-state index in [9.17, 15) is 23.9 Å². The van der Waals surface area contributed by atoms with Crippen LogP contribution in [0.1, 0.15) is 61.8 Å². The minimum absolute atomic E-state index is 0.197. The maximum absolute atomic E-state index is 14.3. The first-order chi connectivity index (χ1) is 23.4. The normalized spacial score (nSPS) is 19.6. The van der Waals surface area contributed by atoms with E-state index in [1.807, 2.05) is 13.8 Å². The highest BCUT2D eigenvalue weighted by Gasteiger charge is 2.31. The molecule has 0 unspecified atom stereocenters. The molecule has 14 heteroatoms. The summed E-state index contributed by atoms with van der Waals surface area (Å²) >= 11 is 0. The molecule has 5 amide bonds. The number of likely N-dealkylation sites (N-methyl/N-ethyl adjacent to an activating group) is 1. The fraction of sp³-hybridized carbons (Fsp3) is 0.486. The summed E-state index contributed by atoms with van der Waals surface area (Å²) in [6.45, 7) is 9.67. The molecule has 2 heterocycles. The van der Waals surface area contributed by atoms with Crippen LogP contribution in [0.3, 0.4) is 0 Å². The highest BCUT2D eigenvalue weighted by molar-refractivity contribution is 6.02. The van der Waals surface area contributed by atoms with Crippen molar-refractivity contribution in [3.05, 3.63) is 65.3 Å². The number of urea groups is 2. The molecule has 0 fully saturated rings. The first kappa shape index (κ1) is 37.1. The lowest BCUT2D eigenvalue weighted by Crippen LogP contribution is -2.48. The van der Waals surface area contributed by atoms with Crippen molar-refractivity contribution in [1.29, 1.82) is 0 Å². The minimum atomic E-state index is -0.578. The van der Waals surface area contributed by atoms with Crippen molar-refractivity contribution in [2.75, 3.05) is 49.3 Å². The average Bonchev–Trinajstić information content (AvgIpc) is 3.39. The van der Waals surface area contributed by atoms with E-state index >= 15 is 0 Å². The summed E-state index contributed by atoms with van der Waals surface area (Å²) < 4.78 is 31.1. The number of nitrogens with zero attached hydrogens (tertiary/aromatic N) is 3. The van der Waals surface area contributed by atoms with Crippen molar-refractivity contribution in [1.82, 2.24) is 15.0 Å². The zero-order chi connectivity index (χ0) is 35.7. The molecule has 4 N–H and O–H groups in total. The zero-order valence-electron chi connectivity index (χ0n) is 28.9. The molecule has 4 atom stereocenters. The maximum atomic E-state index is 14.3. The van der Waals surface area contributed by atoms with Crippen LogP contribution in [0.15, 0.2) is 47.0 Å². The molecule has 1 aromatic heterocycles. The van der Waals surface area contributed by atoms with Gasteiger partial charge in [0.05, 0.1) is 30.4 Å². The van der Waals surface area contributed by atoms with Gasteiger partial charge < -0.3 is 44.9 Å². The predicted octanol–water partition coefficient (Wildman–Crippen LogP) is 6.03. The molecule has 0 spiro atoms. The Bertz CT molecular complexity index is 1560. The van der Waals surface area contributed by atoms with Crippen LogP contribution >= 0.6 is 0 Å². The van der Waals surface area contributed by atoms with E-state index < -0.39 is 29.9 Å². The van der Waals surface area contributed by atoms with Gasteiger partial charge in [0, 0.05) is 44.0 Å². The Morgan fingerprint density at radius 2 is 1.78 bits per heavy atom. The Morgan fingerprint density at radius 1 is 1.08 bits per heavy atom. The number of anilines is 3. The predicted molar refractivity (Wildman–Crippen MR) is 184 cm³/mol.